The summed E-state index contributed by atoms with van der Waals surface area (Å²) in [5.74, 6) is -1.24. The van der Waals surface area contributed by atoms with Crippen molar-refractivity contribution in [2.45, 2.75) is 114 Å². The highest BCUT2D eigenvalue weighted by molar-refractivity contribution is 5.83. The Morgan fingerprint density at radius 1 is 0.303 bits per heavy atom. The van der Waals surface area contributed by atoms with E-state index in [0.29, 0.717) is 203 Å². The minimum atomic E-state index is -1.31. The zero-order valence-corrected chi connectivity index (χ0v) is 63.1. The summed E-state index contributed by atoms with van der Waals surface area (Å²) in [7, 11) is 0. The molecule has 0 radical (unpaired) electrons. The monoisotopic (exact) mass is 1530 g/mol. The van der Waals surface area contributed by atoms with E-state index in [-0.39, 0.29) is 83.1 Å². The number of hydrogen-bond donors (Lipinski definition) is 8. The van der Waals surface area contributed by atoms with Crippen LogP contribution in [0.5, 0.6) is 0 Å². The molecule has 109 heavy (non-hydrogen) atoms. The van der Waals surface area contributed by atoms with Gasteiger partial charge in [-0.1, -0.05) is 121 Å². The SMILES string of the molecule is NC(=O)OCCCC[C@H](OC(N)=O)C(=O)NCCCOCCOCCOCCCNC(=O)CCOCCOCCOCCOCCOCCC(=O)NCCCOCCOCCOCCCNC(=O)[C@H](CCC(Cc1ccccc1)(Cc1ccccc1)C(Cc1ccccc1)(Cc1ccccc1)OC(N)=O)OC(N)=O. The molecular weight excluding hydrogens is 1420 g/mol. The second-order valence-corrected chi connectivity index (χ2v) is 25.3. The fourth-order valence-electron chi connectivity index (χ4n) is 11.6. The van der Waals surface area contributed by atoms with Gasteiger partial charge in [-0.25, -0.2) is 19.2 Å². The lowest BCUT2D eigenvalue weighted by molar-refractivity contribution is -0.132. The van der Waals surface area contributed by atoms with Crippen molar-refractivity contribution in [3.63, 3.8) is 0 Å². The van der Waals surface area contributed by atoms with Crippen LogP contribution in [0.15, 0.2) is 121 Å². The van der Waals surface area contributed by atoms with Gasteiger partial charge in [-0.2, -0.15) is 0 Å². The minimum Gasteiger partial charge on any atom is -0.450 e. The quantitative estimate of drug-likeness (QED) is 0.0193. The van der Waals surface area contributed by atoms with E-state index in [0.717, 1.165) is 22.3 Å². The smallest absolute Gasteiger partial charge is 0.405 e. The topological polar surface area (TPSA) is 427 Å². The molecule has 0 saturated heterocycles. The van der Waals surface area contributed by atoms with E-state index in [4.69, 9.17) is 89.3 Å². The summed E-state index contributed by atoms with van der Waals surface area (Å²) in [5, 5.41) is 11.3. The molecule has 0 bridgehead atoms. The zero-order valence-electron chi connectivity index (χ0n) is 63.1. The molecule has 0 fully saturated rings. The molecule has 0 aliphatic rings. The van der Waals surface area contributed by atoms with Crippen molar-refractivity contribution in [1.29, 1.82) is 0 Å². The summed E-state index contributed by atoms with van der Waals surface area (Å²) in [6.07, 6.45) is -0.877. The molecule has 31 nitrogen and oxygen atoms in total. The first-order valence-electron chi connectivity index (χ1n) is 37.5. The molecule has 2 atom stereocenters. The molecule has 4 rings (SSSR count). The van der Waals surface area contributed by atoms with Crippen LogP contribution in [0.2, 0.25) is 0 Å². The number of unbranched alkanes of at least 4 members (excludes halogenated alkanes) is 1. The maximum Gasteiger partial charge on any atom is 0.405 e. The van der Waals surface area contributed by atoms with Crippen LogP contribution in [0.3, 0.4) is 0 Å². The van der Waals surface area contributed by atoms with Crippen molar-refractivity contribution in [3.05, 3.63) is 144 Å². The van der Waals surface area contributed by atoms with Gasteiger partial charge < -0.3 is 115 Å². The summed E-state index contributed by atoms with van der Waals surface area (Å²) in [4.78, 5) is 98.5. The first kappa shape index (κ1) is 92.8. The van der Waals surface area contributed by atoms with Crippen molar-refractivity contribution in [1.82, 2.24) is 21.3 Å². The third-order valence-electron chi connectivity index (χ3n) is 16.8. The molecule has 0 heterocycles. The Balaban J connectivity index is 0.920. The Morgan fingerprint density at radius 3 is 0.908 bits per heavy atom. The lowest BCUT2D eigenvalue weighted by Crippen LogP contribution is -2.58. The molecule has 0 saturated carbocycles. The molecule has 0 unspecified atom stereocenters. The number of primary amides is 4. The number of rotatable bonds is 68. The Kier molecular flexibility index (Phi) is 51.3. The van der Waals surface area contributed by atoms with Crippen molar-refractivity contribution in [2.75, 3.05) is 178 Å². The van der Waals surface area contributed by atoms with Gasteiger partial charge >= 0.3 is 24.4 Å². The van der Waals surface area contributed by atoms with Crippen LogP contribution in [-0.4, -0.2) is 244 Å². The van der Waals surface area contributed by atoms with E-state index in [1.54, 1.807) is 0 Å². The average Bonchev–Trinajstić information content (AvgIpc) is 0.744. The maximum atomic E-state index is 14.0. The summed E-state index contributed by atoms with van der Waals surface area (Å²) >= 11 is 0. The molecule has 4 aromatic rings. The number of carbonyl (C=O) groups excluding carboxylic acids is 8. The first-order chi connectivity index (χ1) is 53.1. The third-order valence-corrected chi connectivity index (χ3v) is 16.8. The number of hydrogen-bond acceptors (Lipinski definition) is 23. The average molecular weight is 1540 g/mol. The predicted octanol–water partition coefficient (Wildman–Crippen LogP) is 5.74. The largest absolute Gasteiger partial charge is 0.450 e. The van der Waals surface area contributed by atoms with Crippen LogP contribution in [0.25, 0.3) is 0 Å². The van der Waals surface area contributed by atoms with E-state index in [2.05, 4.69) is 26.0 Å². The van der Waals surface area contributed by atoms with Crippen LogP contribution < -0.4 is 44.2 Å². The second-order valence-electron chi connectivity index (χ2n) is 25.3. The Hall–Kier alpha value is -8.60. The number of nitrogens with one attached hydrogen (secondary N) is 4. The Bertz CT molecular complexity index is 2980. The van der Waals surface area contributed by atoms with E-state index < -0.39 is 59.4 Å². The molecule has 0 spiro atoms. The van der Waals surface area contributed by atoms with Crippen molar-refractivity contribution >= 4 is 48.0 Å². The Morgan fingerprint density at radius 2 is 0.596 bits per heavy atom. The minimum absolute atomic E-state index is 0.0360. The molecule has 0 aliphatic heterocycles. The molecular formula is C78H118N8O23. The highest BCUT2D eigenvalue weighted by Gasteiger charge is 2.54. The lowest BCUT2D eigenvalue weighted by atomic mass is 9.58. The molecule has 31 heteroatoms. The molecule has 4 aromatic carbocycles. The third kappa shape index (κ3) is 45.9. The maximum absolute atomic E-state index is 14.0. The second kappa shape index (κ2) is 60.2. The van der Waals surface area contributed by atoms with Gasteiger partial charge in [-0.3, -0.25) is 19.2 Å². The van der Waals surface area contributed by atoms with Crippen molar-refractivity contribution in [3.8, 4) is 0 Å². The van der Waals surface area contributed by atoms with Crippen LogP contribution in [0, 0.1) is 5.41 Å². The van der Waals surface area contributed by atoms with E-state index >= 15 is 0 Å². The van der Waals surface area contributed by atoms with Crippen LogP contribution in [0.4, 0.5) is 19.2 Å². The predicted molar refractivity (Wildman–Crippen MR) is 403 cm³/mol. The number of benzene rings is 4. The number of amides is 8. The lowest BCUT2D eigenvalue weighted by Gasteiger charge is -2.51. The van der Waals surface area contributed by atoms with E-state index in [1.165, 1.54) is 0 Å². The fourth-order valence-corrected chi connectivity index (χ4v) is 11.6. The first-order valence-corrected chi connectivity index (χ1v) is 37.5. The van der Waals surface area contributed by atoms with Crippen LogP contribution in [0.1, 0.15) is 92.9 Å². The van der Waals surface area contributed by atoms with Gasteiger partial charge in [0.05, 0.1) is 126 Å². The zero-order chi connectivity index (χ0) is 78.4. The van der Waals surface area contributed by atoms with Crippen molar-refractivity contribution in [2.24, 2.45) is 28.3 Å². The molecule has 608 valence electrons. The van der Waals surface area contributed by atoms with Crippen molar-refractivity contribution < 1.29 is 109 Å². The molecule has 0 aromatic heterocycles. The van der Waals surface area contributed by atoms with Gasteiger partial charge in [0, 0.05) is 83.7 Å². The van der Waals surface area contributed by atoms with Crippen LogP contribution in [-0.2, 0) is 116 Å². The van der Waals surface area contributed by atoms with Gasteiger partial charge in [0.2, 0.25) is 11.8 Å². The summed E-state index contributed by atoms with van der Waals surface area (Å²) in [6, 6.07) is 39.4. The van der Waals surface area contributed by atoms with Gasteiger partial charge in [0.25, 0.3) is 11.8 Å². The normalized spacial score (nSPS) is 12.0. The standard InChI is InChI=1S/C78H118N8O23/c79-73(91)106-40-14-13-27-67(107-74(80)92)71(89)85-34-17-38-97-45-51-101-49-43-95-36-15-32-83-69(87)29-41-99-47-53-103-55-57-105-58-56-104-54-48-100-42-30-70(88)84-33-16-37-96-44-50-102-52-46-98-39-18-35-86-72(90)68(108-75(81)93)28-31-77(59-63-19-5-1-6-20-63,60-64-21-7-2-8-22-64)78(109-76(82)94,61-65-23-9-3-10-24-65)62-66-25-11-4-12-26-66/h1-12,19-26,67-68H,13-18,27-62H2,(H2,79,91)(H2,80,92)(H2,81,93)(H2,82,94)(H,83,87)(H,84,88)(H,85,89)(H,86,90)/t67-,68-/m0/s1. The van der Waals surface area contributed by atoms with Gasteiger partial charge in [0.1, 0.15) is 5.60 Å². The summed E-state index contributed by atoms with van der Waals surface area (Å²) in [6.45, 7) is 9.59. The van der Waals surface area contributed by atoms with Gasteiger partial charge in [-0.05, 0) is 92.9 Å². The van der Waals surface area contributed by atoms with E-state index in [9.17, 15) is 38.4 Å². The highest BCUT2D eigenvalue weighted by Crippen LogP contribution is 2.49. The summed E-state index contributed by atoms with van der Waals surface area (Å²) in [5.41, 5.74) is 23.2. The molecule has 12 N–H and O–H groups in total. The van der Waals surface area contributed by atoms with E-state index in [1.807, 2.05) is 121 Å². The van der Waals surface area contributed by atoms with Crippen LogP contribution >= 0.6 is 0 Å². The molecule has 0 aliphatic carbocycles. The number of carbonyl (C=O) groups is 8. The summed E-state index contributed by atoms with van der Waals surface area (Å²) < 4.78 is 82.9. The molecule has 8 amide bonds. The number of ether oxygens (including phenoxy) is 15. The fraction of sp³-hybridized carbons (Fsp3) is 0.590. The number of nitrogens with two attached hydrogens (primary N) is 4. The van der Waals surface area contributed by atoms with Gasteiger partial charge in [0.15, 0.2) is 12.2 Å². The highest BCUT2D eigenvalue weighted by atomic mass is 16.6. The Labute approximate surface area is 640 Å². The van der Waals surface area contributed by atoms with Gasteiger partial charge in [-0.15, -0.1) is 0 Å².